The van der Waals surface area contributed by atoms with Crippen LogP contribution in [-0.4, -0.2) is 50.5 Å². The Labute approximate surface area is 224 Å². The number of hydrogen-bond donors (Lipinski definition) is 1. The molecular formula is C27H38BrN3O4S. The molecule has 9 heteroatoms. The highest BCUT2D eigenvalue weighted by Crippen LogP contribution is 2.22. The molecule has 2 rings (SSSR count). The van der Waals surface area contributed by atoms with Crippen LogP contribution in [0.15, 0.2) is 46.9 Å². The molecule has 2 amide bonds. The molecule has 0 bridgehead atoms. The van der Waals surface area contributed by atoms with Gasteiger partial charge in [-0.15, -0.1) is 0 Å². The zero-order valence-corrected chi connectivity index (χ0v) is 24.3. The number of halogens is 1. The highest BCUT2D eigenvalue weighted by Gasteiger charge is 2.26. The molecular weight excluding hydrogens is 542 g/mol. The number of carbonyl (C=O) groups excluding carboxylic acids is 2. The van der Waals surface area contributed by atoms with E-state index in [0.29, 0.717) is 25.2 Å². The van der Waals surface area contributed by atoms with Crippen molar-refractivity contribution in [3.8, 4) is 0 Å². The minimum atomic E-state index is -3.52. The number of nitrogens with one attached hydrogen (secondary N) is 1. The average Bonchev–Trinajstić information content (AvgIpc) is 2.82. The number of sulfonamides is 1. The monoisotopic (exact) mass is 579 g/mol. The van der Waals surface area contributed by atoms with Gasteiger partial charge in [-0.25, -0.2) is 8.42 Å². The van der Waals surface area contributed by atoms with Gasteiger partial charge in [-0.1, -0.05) is 47.5 Å². The smallest absolute Gasteiger partial charge is 0.242 e. The summed E-state index contributed by atoms with van der Waals surface area (Å²) in [6, 6.07) is 12.5. The van der Waals surface area contributed by atoms with E-state index in [1.165, 1.54) is 10.6 Å². The van der Waals surface area contributed by atoms with Crippen molar-refractivity contribution in [2.75, 3.05) is 23.7 Å². The van der Waals surface area contributed by atoms with Crippen molar-refractivity contribution in [3.05, 3.63) is 63.6 Å². The van der Waals surface area contributed by atoms with E-state index in [1.54, 1.807) is 17.9 Å². The third-order valence-corrected chi connectivity index (χ3v) is 7.92. The maximum Gasteiger partial charge on any atom is 0.242 e. The number of unbranched alkanes of at least 4 members (excludes halogenated alkanes) is 1. The third kappa shape index (κ3) is 8.92. The molecule has 0 aromatic heterocycles. The van der Waals surface area contributed by atoms with Crippen molar-refractivity contribution in [2.45, 2.75) is 66.0 Å². The van der Waals surface area contributed by atoms with Crippen LogP contribution < -0.4 is 9.62 Å². The summed E-state index contributed by atoms with van der Waals surface area (Å²) in [5, 5.41) is 2.91. The van der Waals surface area contributed by atoms with Crippen molar-refractivity contribution in [1.29, 1.82) is 0 Å². The Morgan fingerprint density at radius 1 is 1.03 bits per heavy atom. The predicted octanol–water partition coefficient (Wildman–Crippen LogP) is 4.95. The van der Waals surface area contributed by atoms with Gasteiger partial charge in [0.15, 0.2) is 0 Å². The summed E-state index contributed by atoms with van der Waals surface area (Å²) >= 11 is 3.42. The Hall–Kier alpha value is -2.39. The molecule has 7 nitrogen and oxygen atoms in total. The summed E-state index contributed by atoms with van der Waals surface area (Å²) in [5.74, 6) is -0.383. The normalized spacial score (nSPS) is 12.2. The molecule has 1 atom stereocenters. The Morgan fingerprint density at radius 3 is 2.28 bits per heavy atom. The summed E-state index contributed by atoms with van der Waals surface area (Å²) in [4.78, 5) is 27.7. The van der Waals surface area contributed by atoms with E-state index in [0.717, 1.165) is 34.0 Å². The fourth-order valence-electron chi connectivity index (χ4n) is 3.79. The molecule has 2 aromatic rings. The van der Waals surface area contributed by atoms with Crippen LogP contribution in [0.5, 0.6) is 0 Å². The molecule has 0 saturated heterocycles. The molecule has 0 radical (unpaired) electrons. The first-order chi connectivity index (χ1) is 16.9. The molecule has 0 saturated carbocycles. The molecule has 0 spiro atoms. The lowest BCUT2D eigenvalue weighted by Gasteiger charge is -2.29. The molecule has 198 valence electrons. The number of amides is 2. The fraction of sp³-hybridized carbons (Fsp3) is 0.481. The van der Waals surface area contributed by atoms with Gasteiger partial charge in [-0.05, 0) is 74.6 Å². The Kier molecular flexibility index (Phi) is 11.4. The van der Waals surface area contributed by atoms with Gasteiger partial charge in [0.05, 0.1) is 11.9 Å². The van der Waals surface area contributed by atoms with Crippen LogP contribution in [0.2, 0.25) is 0 Å². The first kappa shape index (κ1) is 29.8. The second-order valence-electron chi connectivity index (χ2n) is 9.18. The lowest BCUT2D eigenvalue weighted by atomic mass is 10.1. The van der Waals surface area contributed by atoms with Gasteiger partial charge < -0.3 is 10.2 Å². The molecule has 0 heterocycles. The SMILES string of the molecule is CCCCNC(=O)[C@H](C)N(Cc1ccc(Br)cc1)C(=O)CCCN(c1ccc(C)c(C)c1)S(C)(=O)=O. The molecule has 0 aliphatic heterocycles. The molecule has 0 unspecified atom stereocenters. The number of carbonyl (C=O) groups is 2. The van der Waals surface area contributed by atoms with Gasteiger partial charge in [-0.2, -0.15) is 0 Å². The first-order valence-corrected chi connectivity index (χ1v) is 14.9. The van der Waals surface area contributed by atoms with Gasteiger partial charge in [0, 0.05) is 30.5 Å². The number of rotatable bonds is 13. The van der Waals surface area contributed by atoms with E-state index < -0.39 is 16.1 Å². The summed E-state index contributed by atoms with van der Waals surface area (Å²) in [6.45, 7) is 8.74. The number of hydrogen-bond acceptors (Lipinski definition) is 4. The number of aryl methyl sites for hydroxylation is 2. The lowest BCUT2D eigenvalue weighted by Crippen LogP contribution is -2.47. The summed E-state index contributed by atoms with van der Waals surface area (Å²) < 4.78 is 27.3. The van der Waals surface area contributed by atoms with Gasteiger partial charge in [0.25, 0.3) is 0 Å². The van der Waals surface area contributed by atoms with Crippen LogP contribution in [0.25, 0.3) is 0 Å². The summed E-state index contributed by atoms with van der Waals surface area (Å²) in [5.41, 5.74) is 3.58. The minimum absolute atomic E-state index is 0.125. The van der Waals surface area contributed by atoms with E-state index in [-0.39, 0.29) is 24.8 Å². The third-order valence-electron chi connectivity index (χ3n) is 6.19. The van der Waals surface area contributed by atoms with Crippen molar-refractivity contribution in [1.82, 2.24) is 10.2 Å². The topological polar surface area (TPSA) is 86.8 Å². The average molecular weight is 581 g/mol. The van der Waals surface area contributed by atoms with Crippen LogP contribution in [0.1, 0.15) is 56.2 Å². The Bertz CT molecular complexity index is 1140. The van der Waals surface area contributed by atoms with Crippen molar-refractivity contribution >= 4 is 43.5 Å². The lowest BCUT2D eigenvalue weighted by molar-refractivity contribution is -0.140. The zero-order chi connectivity index (χ0) is 26.9. The fourth-order valence-corrected chi connectivity index (χ4v) is 5.01. The van der Waals surface area contributed by atoms with Crippen LogP contribution in [0, 0.1) is 13.8 Å². The van der Waals surface area contributed by atoms with Gasteiger partial charge in [0.1, 0.15) is 6.04 Å². The van der Waals surface area contributed by atoms with Crippen molar-refractivity contribution < 1.29 is 18.0 Å². The summed E-state index contributed by atoms with van der Waals surface area (Å²) in [7, 11) is -3.52. The van der Waals surface area contributed by atoms with Gasteiger partial charge in [-0.3, -0.25) is 13.9 Å². The van der Waals surface area contributed by atoms with E-state index in [1.807, 2.05) is 50.2 Å². The standard InChI is InChI=1S/C27H38BrN3O4S/c1-6-7-16-29-27(33)22(4)30(19-23-11-13-24(28)14-12-23)26(32)9-8-17-31(36(5,34)35)25-15-10-20(2)21(3)18-25/h10-15,18,22H,6-9,16-17,19H2,1-5H3,(H,29,33)/t22-/m0/s1. The second-order valence-corrected chi connectivity index (χ2v) is 12.0. The van der Waals surface area contributed by atoms with Crippen molar-refractivity contribution in [3.63, 3.8) is 0 Å². The van der Waals surface area contributed by atoms with Gasteiger partial charge >= 0.3 is 0 Å². The quantitative estimate of drug-likeness (QED) is 0.340. The predicted molar refractivity (Wildman–Crippen MR) is 149 cm³/mol. The molecule has 0 fully saturated rings. The van der Waals surface area contributed by atoms with E-state index >= 15 is 0 Å². The first-order valence-electron chi connectivity index (χ1n) is 12.3. The molecule has 0 aliphatic carbocycles. The molecule has 2 aromatic carbocycles. The number of anilines is 1. The number of nitrogens with zero attached hydrogens (tertiary/aromatic N) is 2. The van der Waals surface area contributed by atoms with Crippen LogP contribution in [0.3, 0.4) is 0 Å². The van der Waals surface area contributed by atoms with E-state index in [9.17, 15) is 18.0 Å². The molecule has 1 N–H and O–H groups in total. The van der Waals surface area contributed by atoms with Crippen LogP contribution in [0.4, 0.5) is 5.69 Å². The highest BCUT2D eigenvalue weighted by atomic mass is 79.9. The van der Waals surface area contributed by atoms with E-state index in [2.05, 4.69) is 28.2 Å². The van der Waals surface area contributed by atoms with Crippen LogP contribution in [-0.2, 0) is 26.2 Å². The Morgan fingerprint density at radius 2 is 1.69 bits per heavy atom. The van der Waals surface area contributed by atoms with E-state index in [4.69, 9.17) is 0 Å². The second kappa shape index (κ2) is 13.8. The summed E-state index contributed by atoms with van der Waals surface area (Å²) in [6.07, 6.45) is 3.47. The van der Waals surface area contributed by atoms with Crippen molar-refractivity contribution in [2.24, 2.45) is 0 Å². The molecule has 0 aliphatic rings. The zero-order valence-electron chi connectivity index (χ0n) is 21.9. The maximum absolute atomic E-state index is 13.3. The van der Waals surface area contributed by atoms with Gasteiger partial charge in [0.2, 0.25) is 21.8 Å². The Balaban J connectivity index is 2.15. The largest absolute Gasteiger partial charge is 0.354 e. The minimum Gasteiger partial charge on any atom is -0.354 e. The van der Waals surface area contributed by atoms with Crippen LogP contribution >= 0.6 is 15.9 Å². The molecule has 36 heavy (non-hydrogen) atoms. The number of benzene rings is 2. The highest BCUT2D eigenvalue weighted by molar-refractivity contribution is 9.10. The maximum atomic E-state index is 13.3.